The van der Waals surface area contributed by atoms with Crippen LogP contribution < -0.4 is 5.43 Å². The van der Waals surface area contributed by atoms with E-state index in [2.05, 4.69) is 11.9 Å². The lowest BCUT2D eigenvalue weighted by molar-refractivity contribution is 0.00206. The van der Waals surface area contributed by atoms with Gasteiger partial charge in [-0.15, -0.1) is 0 Å². The van der Waals surface area contributed by atoms with Crippen molar-refractivity contribution in [3.63, 3.8) is 0 Å². The van der Waals surface area contributed by atoms with Gasteiger partial charge in [0.15, 0.2) is 0 Å². The molecule has 2 heterocycles. The second-order valence-corrected chi connectivity index (χ2v) is 5.96. The van der Waals surface area contributed by atoms with Crippen LogP contribution in [-0.2, 0) is 4.74 Å². The maximum Gasteiger partial charge on any atom is 0.259 e. The normalized spacial score (nSPS) is 18.3. The molecule has 1 aliphatic rings. The predicted octanol–water partition coefficient (Wildman–Crippen LogP) is 2.56. The lowest BCUT2D eigenvalue weighted by atomic mass is 10.1. The number of benzene rings is 1. The van der Waals surface area contributed by atoms with Gasteiger partial charge in [0.05, 0.1) is 6.10 Å². The Bertz CT molecular complexity index is 753. The SMILES string of the molecule is CCCOC1CCCN(C(=O)c2c[nH]c3ccccc3c2=O)C1. The summed E-state index contributed by atoms with van der Waals surface area (Å²) < 4.78 is 5.77. The van der Waals surface area contributed by atoms with Crippen LogP contribution in [0.4, 0.5) is 0 Å². The summed E-state index contributed by atoms with van der Waals surface area (Å²) in [5.74, 6) is -0.207. The average Bonchev–Trinajstić information content (AvgIpc) is 2.60. The molecule has 0 radical (unpaired) electrons. The van der Waals surface area contributed by atoms with E-state index >= 15 is 0 Å². The van der Waals surface area contributed by atoms with Crippen molar-refractivity contribution >= 4 is 16.8 Å². The Labute approximate surface area is 135 Å². The number of nitrogens with zero attached hydrogens (tertiary/aromatic N) is 1. The minimum absolute atomic E-state index is 0.0761. The van der Waals surface area contributed by atoms with Crippen molar-refractivity contribution in [1.82, 2.24) is 9.88 Å². The standard InChI is InChI=1S/C18H22N2O3/c1-2-10-23-13-6-5-9-20(12-13)18(22)15-11-19-16-8-4-3-7-14(16)17(15)21/h3-4,7-8,11,13H,2,5-6,9-10,12H2,1H3,(H,19,21). The topological polar surface area (TPSA) is 62.4 Å². The van der Waals surface area contributed by atoms with E-state index in [1.165, 1.54) is 6.20 Å². The Kier molecular flexibility index (Phi) is 4.76. The highest BCUT2D eigenvalue weighted by atomic mass is 16.5. The molecule has 5 heteroatoms. The molecule has 1 aliphatic heterocycles. The number of hydrogen-bond donors (Lipinski definition) is 1. The number of ether oxygens (including phenoxy) is 1. The minimum Gasteiger partial charge on any atom is -0.376 e. The highest BCUT2D eigenvalue weighted by molar-refractivity contribution is 5.97. The number of H-pyrrole nitrogens is 1. The zero-order valence-electron chi connectivity index (χ0n) is 13.4. The van der Waals surface area contributed by atoms with Gasteiger partial charge in [-0.05, 0) is 31.4 Å². The Balaban J connectivity index is 1.82. The van der Waals surface area contributed by atoms with Crippen LogP contribution in [0.15, 0.2) is 35.3 Å². The zero-order valence-corrected chi connectivity index (χ0v) is 13.4. The number of nitrogens with one attached hydrogen (secondary N) is 1. The number of hydrogen-bond acceptors (Lipinski definition) is 3. The molecule has 0 spiro atoms. The third-order valence-corrected chi connectivity index (χ3v) is 4.24. The van der Waals surface area contributed by atoms with Crippen LogP contribution in [0, 0.1) is 0 Å². The van der Waals surface area contributed by atoms with Crippen LogP contribution in [-0.4, -0.2) is 41.6 Å². The maximum absolute atomic E-state index is 12.7. The molecule has 1 saturated heterocycles. The summed E-state index contributed by atoms with van der Waals surface area (Å²) in [4.78, 5) is 30.1. The molecule has 2 aromatic rings. The van der Waals surface area contributed by atoms with Gasteiger partial charge in [-0.2, -0.15) is 0 Å². The Morgan fingerprint density at radius 2 is 2.22 bits per heavy atom. The molecule has 1 aromatic heterocycles. The van der Waals surface area contributed by atoms with Crippen molar-refractivity contribution in [3.05, 3.63) is 46.2 Å². The number of rotatable bonds is 4. The number of pyridine rings is 1. The first-order valence-corrected chi connectivity index (χ1v) is 8.22. The molecule has 1 aromatic carbocycles. The summed E-state index contributed by atoms with van der Waals surface area (Å²) in [7, 11) is 0. The molecule has 0 bridgehead atoms. The Morgan fingerprint density at radius 3 is 3.04 bits per heavy atom. The highest BCUT2D eigenvalue weighted by Gasteiger charge is 2.26. The second-order valence-electron chi connectivity index (χ2n) is 5.96. The van der Waals surface area contributed by atoms with Gasteiger partial charge < -0.3 is 14.6 Å². The van der Waals surface area contributed by atoms with E-state index in [0.29, 0.717) is 25.1 Å². The van der Waals surface area contributed by atoms with Gasteiger partial charge in [0, 0.05) is 36.8 Å². The molecule has 5 nitrogen and oxygen atoms in total. The van der Waals surface area contributed by atoms with Crippen LogP contribution >= 0.6 is 0 Å². The maximum atomic E-state index is 12.7. The average molecular weight is 314 g/mol. The van der Waals surface area contributed by atoms with Gasteiger partial charge in [0.25, 0.3) is 5.91 Å². The number of likely N-dealkylation sites (tertiary alicyclic amines) is 1. The fourth-order valence-corrected chi connectivity index (χ4v) is 3.04. The van der Waals surface area contributed by atoms with Crippen molar-refractivity contribution in [2.24, 2.45) is 0 Å². The smallest absolute Gasteiger partial charge is 0.259 e. The first-order chi connectivity index (χ1) is 11.2. The lowest BCUT2D eigenvalue weighted by Gasteiger charge is -2.32. The summed E-state index contributed by atoms with van der Waals surface area (Å²) in [6, 6.07) is 7.25. The van der Waals surface area contributed by atoms with Crippen LogP contribution in [0.2, 0.25) is 0 Å². The number of aromatic amines is 1. The summed E-state index contributed by atoms with van der Waals surface area (Å²) in [6.45, 7) is 4.02. The fourth-order valence-electron chi connectivity index (χ4n) is 3.04. The highest BCUT2D eigenvalue weighted by Crippen LogP contribution is 2.16. The van der Waals surface area contributed by atoms with Crippen molar-refractivity contribution in [3.8, 4) is 0 Å². The molecule has 122 valence electrons. The molecule has 1 N–H and O–H groups in total. The van der Waals surface area contributed by atoms with Crippen LogP contribution in [0.1, 0.15) is 36.5 Å². The quantitative estimate of drug-likeness (QED) is 0.943. The van der Waals surface area contributed by atoms with E-state index < -0.39 is 0 Å². The molecule has 1 unspecified atom stereocenters. The molecule has 1 atom stereocenters. The zero-order chi connectivity index (χ0) is 16.2. The summed E-state index contributed by atoms with van der Waals surface area (Å²) >= 11 is 0. The first kappa shape index (κ1) is 15.7. The largest absolute Gasteiger partial charge is 0.376 e. The molecule has 0 saturated carbocycles. The van der Waals surface area contributed by atoms with Crippen molar-refractivity contribution < 1.29 is 9.53 Å². The van der Waals surface area contributed by atoms with E-state index in [0.717, 1.165) is 24.8 Å². The van der Waals surface area contributed by atoms with Gasteiger partial charge in [-0.3, -0.25) is 9.59 Å². The van der Waals surface area contributed by atoms with Crippen molar-refractivity contribution in [2.45, 2.75) is 32.3 Å². The van der Waals surface area contributed by atoms with Crippen LogP contribution in [0.5, 0.6) is 0 Å². The number of carbonyl (C=O) groups excluding carboxylic acids is 1. The molecular formula is C18H22N2O3. The number of piperidine rings is 1. The molecule has 0 aliphatic carbocycles. The number of amides is 1. The lowest BCUT2D eigenvalue weighted by Crippen LogP contribution is -2.44. The first-order valence-electron chi connectivity index (χ1n) is 8.22. The third kappa shape index (κ3) is 3.29. The second kappa shape index (κ2) is 6.96. The number of carbonyl (C=O) groups is 1. The van der Waals surface area contributed by atoms with E-state index in [1.807, 2.05) is 12.1 Å². The fraction of sp³-hybridized carbons (Fsp3) is 0.444. The predicted molar refractivity (Wildman–Crippen MR) is 89.7 cm³/mol. The molecule has 1 fully saturated rings. The molecular weight excluding hydrogens is 292 g/mol. The van der Waals surface area contributed by atoms with E-state index in [1.54, 1.807) is 17.0 Å². The number of para-hydroxylation sites is 1. The third-order valence-electron chi connectivity index (χ3n) is 4.24. The molecule has 23 heavy (non-hydrogen) atoms. The van der Waals surface area contributed by atoms with E-state index in [4.69, 9.17) is 4.74 Å². The molecule has 1 amide bonds. The van der Waals surface area contributed by atoms with E-state index in [9.17, 15) is 9.59 Å². The number of aromatic nitrogens is 1. The minimum atomic E-state index is -0.207. The summed E-state index contributed by atoms with van der Waals surface area (Å²) in [5, 5.41) is 0.550. The summed E-state index contributed by atoms with van der Waals surface area (Å²) in [5.41, 5.74) is 0.748. The van der Waals surface area contributed by atoms with E-state index in [-0.39, 0.29) is 23.0 Å². The van der Waals surface area contributed by atoms with Crippen molar-refractivity contribution in [1.29, 1.82) is 0 Å². The Hall–Kier alpha value is -2.14. The van der Waals surface area contributed by atoms with Gasteiger partial charge in [-0.1, -0.05) is 19.1 Å². The van der Waals surface area contributed by atoms with Gasteiger partial charge in [0.2, 0.25) is 5.43 Å². The van der Waals surface area contributed by atoms with Crippen LogP contribution in [0.3, 0.4) is 0 Å². The number of fused-ring (bicyclic) bond motifs is 1. The van der Waals surface area contributed by atoms with Crippen LogP contribution in [0.25, 0.3) is 10.9 Å². The van der Waals surface area contributed by atoms with Gasteiger partial charge in [0.1, 0.15) is 5.56 Å². The monoisotopic (exact) mass is 314 g/mol. The van der Waals surface area contributed by atoms with Gasteiger partial charge in [-0.25, -0.2) is 0 Å². The van der Waals surface area contributed by atoms with Crippen molar-refractivity contribution in [2.75, 3.05) is 19.7 Å². The Morgan fingerprint density at radius 1 is 1.39 bits per heavy atom. The summed E-state index contributed by atoms with van der Waals surface area (Å²) in [6.07, 6.45) is 4.45. The van der Waals surface area contributed by atoms with Gasteiger partial charge >= 0.3 is 0 Å². The molecule has 3 rings (SSSR count).